The minimum Gasteiger partial charge on any atom is -0.376 e. The fourth-order valence-electron chi connectivity index (χ4n) is 2.51. The molecule has 1 aromatic heterocycles. The Morgan fingerprint density at radius 2 is 1.96 bits per heavy atom. The number of nitrogens with zero attached hydrogens (tertiary/aromatic N) is 1. The molecule has 5 nitrogen and oxygen atoms in total. The number of anilines is 1. The molecule has 1 heterocycles. The highest BCUT2D eigenvalue weighted by molar-refractivity contribution is 7.92. The summed E-state index contributed by atoms with van der Waals surface area (Å²) in [5, 5.41) is 0.486. The van der Waals surface area contributed by atoms with E-state index in [4.69, 9.17) is 4.74 Å². The van der Waals surface area contributed by atoms with E-state index in [2.05, 4.69) is 9.71 Å². The number of sulfonamides is 1. The van der Waals surface area contributed by atoms with Crippen molar-refractivity contribution in [1.82, 2.24) is 4.98 Å². The molecule has 0 fully saturated rings. The van der Waals surface area contributed by atoms with Crippen LogP contribution in [-0.4, -0.2) is 25.8 Å². The average molecular weight is 352 g/mol. The topological polar surface area (TPSA) is 68.3 Å². The minimum atomic E-state index is -3.42. The van der Waals surface area contributed by atoms with Gasteiger partial charge in [-0.3, -0.25) is 4.72 Å². The molecule has 0 spiro atoms. The second-order valence-electron chi connectivity index (χ2n) is 5.56. The molecule has 1 aromatic carbocycles. The summed E-state index contributed by atoms with van der Waals surface area (Å²) in [5.41, 5.74) is 2.09. The molecule has 0 saturated carbocycles. The predicted octanol–water partition coefficient (Wildman–Crippen LogP) is 2.98. The van der Waals surface area contributed by atoms with Gasteiger partial charge in [0.25, 0.3) is 0 Å². The number of hydrogen-bond donors (Lipinski definition) is 1. The Morgan fingerprint density at radius 1 is 1.17 bits per heavy atom. The largest absolute Gasteiger partial charge is 0.376 e. The number of aryl methyl sites for hydroxylation is 2. The molecular formula is C16H20N2O3S2. The first-order valence-electron chi connectivity index (χ1n) is 7.73. The second kappa shape index (κ2) is 7.42. The monoisotopic (exact) mass is 352 g/mol. The van der Waals surface area contributed by atoms with E-state index in [-0.39, 0.29) is 12.4 Å². The molecule has 0 unspecified atom stereocenters. The van der Waals surface area contributed by atoms with Gasteiger partial charge in [0.15, 0.2) is 5.13 Å². The van der Waals surface area contributed by atoms with Crippen molar-refractivity contribution in [2.75, 3.05) is 17.1 Å². The van der Waals surface area contributed by atoms with E-state index in [0.29, 0.717) is 11.7 Å². The van der Waals surface area contributed by atoms with E-state index in [1.165, 1.54) is 16.2 Å². The fourth-order valence-corrected chi connectivity index (χ4v) is 4.71. The fraction of sp³-hybridized carbons (Fsp3) is 0.438. The van der Waals surface area contributed by atoms with E-state index in [1.54, 1.807) is 0 Å². The van der Waals surface area contributed by atoms with Crippen LogP contribution in [-0.2, 0) is 34.2 Å². The molecule has 1 aliphatic rings. The van der Waals surface area contributed by atoms with Gasteiger partial charge in [-0.1, -0.05) is 30.3 Å². The van der Waals surface area contributed by atoms with Gasteiger partial charge in [-0.2, -0.15) is 0 Å². The molecule has 124 valence electrons. The van der Waals surface area contributed by atoms with Crippen LogP contribution in [0.3, 0.4) is 0 Å². The van der Waals surface area contributed by atoms with E-state index < -0.39 is 10.0 Å². The first-order valence-corrected chi connectivity index (χ1v) is 10.2. The van der Waals surface area contributed by atoms with Gasteiger partial charge < -0.3 is 4.74 Å². The summed E-state index contributed by atoms with van der Waals surface area (Å²) in [7, 11) is -3.42. The van der Waals surface area contributed by atoms with Gasteiger partial charge in [0, 0.05) is 4.88 Å². The standard InChI is InChI=1S/C16H20N2O3S2/c19-23(20,11-10-21-12-13-6-2-1-3-7-13)18-16-17-14-8-4-5-9-15(14)22-16/h1-3,6-7H,4-5,8-12H2,(H,17,18). The summed E-state index contributed by atoms with van der Waals surface area (Å²) in [6, 6.07) is 9.70. The normalized spacial score (nSPS) is 14.4. The zero-order chi connectivity index (χ0) is 16.1. The molecule has 0 saturated heterocycles. The summed E-state index contributed by atoms with van der Waals surface area (Å²) in [5.74, 6) is -0.0654. The highest BCUT2D eigenvalue weighted by Crippen LogP contribution is 2.29. The highest BCUT2D eigenvalue weighted by Gasteiger charge is 2.18. The maximum atomic E-state index is 12.1. The third kappa shape index (κ3) is 4.76. The molecule has 2 aromatic rings. The van der Waals surface area contributed by atoms with Crippen molar-refractivity contribution in [2.45, 2.75) is 32.3 Å². The number of thiazole rings is 1. The van der Waals surface area contributed by atoms with Crippen molar-refractivity contribution in [3.63, 3.8) is 0 Å². The zero-order valence-electron chi connectivity index (χ0n) is 12.8. The second-order valence-corrected chi connectivity index (χ2v) is 8.48. The summed E-state index contributed by atoms with van der Waals surface area (Å²) >= 11 is 1.46. The van der Waals surface area contributed by atoms with Crippen LogP contribution in [0.2, 0.25) is 0 Å². The van der Waals surface area contributed by atoms with Gasteiger partial charge in [0.1, 0.15) is 0 Å². The van der Waals surface area contributed by atoms with Crippen LogP contribution in [0.5, 0.6) is 0 Å². The maximum Gasteiger partial charge on any atom is 0.236 e. The first-order chi connectivity index (χ1) is 11.1. The SMILES string of the molecule is O=S(=O)(CCOCc1ccccc1)Nc1nc2c(s1)CCCC2. The number of rotatable bonds is 7. The molecule has 7 heteroatoms. The first kappa shape index (κ1) is 16.4. The molecule has 0 bridgehead atoms. The molecule has 1 aliphatic carbocycles. The van der Waals surface area contributed by atoms with Crippen molar-refractivity contribution in [1.29, 1.82) is 0 Å². The lowest BCUT2D eigenvalue weighted by atomic mass is 10.0. The maximum absolute atomic E-state index is 12.1. The van der Waals surface area contributed by atoms with Crippen LogP contribution in [0.1, 0.15) is 29.0 Å². The quantitative estimate of drug-likeness (QED) is 0.778. The number of hydrogen-bond acceptors (Lipinski definition) is 5. The van der Waals surface area contributed by atoms with Crippen LogP contribution >= 0.6 is 11.3 Å². The van der Waals surface area contributed by atoms with Gasteiger partial charge in [-0.15, -0.1) is 11.3 Å². The van der Waals surface area contributed by atoms with Crippen LogP contribution in [0, 0.1) is 0 Å². The van der Waals surface area contributed by atoms with E-state index in [0.717, 1.165) is 36.9 Å². The van der Waals surface area contributed by atoms with Gasteiger partial charge in [0.2, 0.25) is 10.0 Å². The molecule has 1 N–H and O–H groups in total. The van der Waals surface area contributed by atoms with Crippen LogP contribution in [0.4, 0.5) is 5.13 Å². The van der Waals surface area contributed by atoms with Crippen LogP contribution in [0.25, 0.3) is 0 Å². The predicted molar refractivity (Wildman–Crippen MR) is 92.3 cm³/mol. The molecule has 3 rings (SSSR count). The number of aromatic nitrogens is 1. The molecule has 0 amide bonds. The Kier molecular flexibility index (Phi) is 5.30. The summed E-state index contributed by atoms with van der Waals surface area (Å²) < 4.78 is 32.2. The zero-order valence-corrected chi connectivity index (χ0v) is 14.5. The van der Waals surface area contributed by atoms with Crippen molar-refractivity contribution < 1.29 is 13.2 Å². The Bertz CT molecular complexity index is 718. The lowest BCUT2D eigenvalue weighted by molar-refractivity contribution is 0.135. The van der Waals surface area contributed by atoms with Gasteiger partial charge in [0.05, 0.1) is 24.7 Å². The number of fused-ring (bicyclic) bond motifs is 1. The number of benzene rings is 1. The lowest BCUT2D eigenvalue weighted by Crippen LogP contribution is -2.20. The Morgan fingerprint density at radius 3 is 2.74 bits per heavy atom. The van der Waals surface area contributed by atoms with E-state index >= 15 is 0 Å². The van der Waals surface area contributed by atoms with Gasteiger partial charge in [-0.05, 0) is 31.2 Å². The van der Waals surface area contributed by atoms with Crippen LogP contribution in [0.15, 0.2) is 30.3 Å². The lowest BCUT2D eigenvalue weighted by Gasteiger charge is -2.06. The minimum absolute atomic E-state index is 0.0654. The smallest absolute Gasteiger partial charge is 0.236 e. The van der Waals surface area contributed by atoms with Crippen molar-refractivity contribution in [3.05, 3.63) is 46.5 Å². The molecule has 0 aliphatic heterocycles. The van der Waals surface area contributed by atoms with Crippen molar-refractivity contribution in [3.8, 4) is 0 Å². The van der Waals surface area contributed by atoms with Crippen molar-refractivity contribution >= 4 is 26.5 Å². The summed E-state index contributed by atoms with van der Waals surface area (Å²) in [6.45, 7) is 0.581. The highest BCUT2D eigenvalue weighted by atomic mass is 32.2. The summed E-state index contributed by atoms with van der Waals surface area (Å²) in [6.07, 6.45) is 4.26. The molecule has 0 atom stereocenters. The van der Waals surface area contributed by atoms with E-state index in [1.807, 2.05) is 30.3 Å². The molecule has 23 heavy (non-hydrogen) atoms. The average Bonchev–Trinajstić information content (AvgIpc) is 2.94. The number of nitrogens with one attached hydrogen (secondary N) is 1. The molecular weight excluding hydrogens is 332 g/mol. The Balaban J connectivity index is 1.48. The summed E-state index contributed by atoms with van der Waals surface area (Å²) in [4.78, 5) is 5.62. The Hall–Kier alpha value is -1.44. The van der Waals surface area contributed by atoms with Crippen molar-refractivity contribution in [2.24, 2.45) is 0 Å². The van der Waals surface area contributed by atoms with Crippen LogP contribution < -0.4 is 4.72 Å². The third-order valence-electron chi connectivity index (χ3n) is 3.70. The molecule has 0 radical (unpaired) electrons. The van der Waals surface area contributed by atoms with Gasteiger partial charge >= 0.3 is 0 Å². The Labute approximate surface area is 140 Å². The number of ether oxygens (including phenoxy) is 1. The van der Waals surface area contributed by atoms with Gasteiger partial charge in [-0.25, -0.2) is 13.4 Å². The third-order valence-corrected chi connectivity index (χ3v) is 6.11. The van der Waals surface area contributed by atoms with E-state index in [9.17, 15) is 8.42 Å².